The van der Waals surface area contributed by atoms with Crippen molar-refractivity contribution in [3.05, 3.63) is 101 Å². The molecule has 1 amide bonds. The molecule has 0 aliphatic carbocycles. The fraction of sp³-hybridized carbons (Fsp3) is 0. The van der Waals surface area contributed by atoms with Gasteiger partial charge in [0, 0.05) is 16.8 Å². The summed E-state index contributed by atoms with van der Waals surface area (Å²) in [5.74, 6) is -0.329. The number of fused-ring (bicyclic) bond motifs is 1. The summed E-state index contributed by atoms with van der Waals surface area (Å²) in [6, 6.07) is 23.3. The average molecular weight is 315 g/mol. The molecule has 0 unspecified atom stereocenters. The van der Waals surface area contributed by atoms with Crippen LogP contribution in [-0.2, 0) is 0 Å². The molecule has 0 spiro atoms. The largest absolute Gasteiger partial charge is 0.276 e. The highest BCUT2D eigenvalue weighted by Crippen LogP contribution is 2.37. The van der Waals surface area contributed by atoms with Crippen LogP contribution >= 0.6 is 0 Å². The second-order valence-corrected chi connectivity index (χ2v) is 5.60. The van der Waals surface area contributed by atoms with Crippen molar-refractivity contribution in [2.45, 2.75) is 0 Å². The minimum Gasteiger partial charge on any atom is -0.276 e. The number of amides is 1. The molecule has 116 valence electrons. The average Bonchev–Trinajstić information content (AvgIpc) is 2.90. The number of rotatable bonds is 2. The van der Waals surface area contributed by atoms with E-state index in [4.69, 9.17) is 0 Å². The molecule has 2 nitrogen and oxygen atoms in total. The molecule has 3 aromatic rings. The third-order valence-corrected chi connectivity index (χ3v) is 4.07. The summed E-state index contributed by atoms with van der Waals surface area (Å²) in [6.07, 6.45) is 1.91. The van der Waals surface area contributed by atoms with Crippen molar-refractivity contribution in [1.29, 1.82) is 0 Å². The first-order valence-electron chi connectivity index (χ1n) is 7.70. The van der Waals surface area contributed by atoms with Crippen LogP contribution in [0, 0.1) is 5.82 Å². The van der Waals surface area contributed by atoms with Crippen molar-refractivity contribution in [2.75, 3.05) is 4.90 Å². The smallest absolute Gasteiger partial charge is 0.263 e. The normalized spacial score (nSPS) is 15.0. The molecule has 0 radical (unpaired) electrons. The molecule has 0 fully saturated rings. The Morgan fingerprint density at radius 2 is 1.38 bits per heavy atom. The van der Waals surface area contributed by atoms with Crippen LogP contribution in [0.3, 0.4) is 0 Å². The number of carbonyl (C=O) groups is 1. The van der Waals surface area contributed by atoms with E-state index in [1.54, 1.807) is 17.0 Å². The van der Waals surface area contributed by atoms with E-state index in [0.29, 0.717) is 5.56 Å². The van der Waals surface area contributed by atoms with Crippen LogP contribution < -0.4 is 4.90 Å². The zero-order valence-electron chi connectivity index (χ0n) is 12.8. The van der Waals surface area contributed by atoms with E-state index in [2.05, 4.69) is 0 Å². The Morgan fingerprint density at radius 3 is 2.08 bits per heavy atom. The lowest BCUT2D eigenvalue weighted by atomic mass is 10.1. The number of carbonyl (C=O) groups excluding carboxylic acids is 1. The lowest BCUT2D eigenvalue weighted by Crippen LogP contribution is -2.22. The highest BCUT2D eigenvalue weighted by molar-refractivity contribution is 6.24. The van der Waals surface area contributed by atoms with Gasteiger partial charge in [0.05, 0.1) is 5.70 Å². The van der Waals surface area contributed by atoms with Gasteiger partial charge < -0.3 is 0 Å². The molecule has 1 aliphatic rings. The van der Waals surface area contributed by atoms with Gasteiger partial charge in [0.15, 0.2) is 0 Å². The summed E-state index contributed by atoms with van der Waals surface area (Å²) in [5.41, 5.74) is 4.02. The minimum absolute atomic E-state index is 0.0508. The third kappa shape index (κ3) is 2.40. The van der Waals surface area contributed by atoms with Crippen LogP contribution in [0.4, 0.5) is 10.1 Å². The Hall–Kier alpha value is -3.20. The number of hydrogen-bond acceptors (Lipinski definition) is 1. The summed E-state index contributed by atoms with van der Waals surface area (Å²) in [4.78, 5) is 14.6. The lowest BCUT2D eigenvalue weighted by molar-refractivity contribution is 0.101. The lowest BCUT2D eigenvalue weighted by Gasteiger charge is -2.18. The van der Waals surface area contributed by atoms with Gasteiger partial charge in [-0.2, -0.15) is 0 Å². The van der Waals surface area contributed by atoms with Gasteiger partial charge in [0.1, 0.15) is 5.82 Å². The predicted octanol–water partition coefficient (Wildman–Crippen LogP) is 4.98. The quantitative estimate of drug-likeness (QED) is 0.653. The SMILES string of the molecule is O=C1c2ccccc2C(=Cc2ccc(F)cc2)N1c1ccccc1. The van der Waals surface area contributed by atoms with Crippen LogP contribution in [0.5, 0.6) is 0 Å². The summed E-state index contributed by atoms with van der Waals surface area (Å²) >= 11 is 0. The molecular weight excluding hydrogens is 301 g/mol. The second-order valence-electron chi connectivity index (χ2n) is 5.60. The monoisotopic (exact) mass is 315 g/mol. The van der Waals surface area contributed by atoms with E-state index < -0.39 is 0 Å². The van der Waals surface area contributed by atoms with Gasteiger partial charge in [0.2, 0.25) is 0 Å². The maximum atomic E-state index is 13.2. The first-order chi connectivity index (χ1) is 11.7. The number of halogens is 1. The van der Waals surface area contributed by atoms with Gasteiger partial charge in [-0.3, -0.25) is 9.69 Å². The number of nitrogens with zero attached hydrogens (tertiary/aromatic N) is 1. The molecular formula is C21H14FNO. The number of benzene rings is 3. The summed E-state index contributed by atoms with van der Waals surface area (Å²) in [6.45, 7) is 0. The van der Waals surface area contributed by atoms with Crippen molar-refractivity contribution >= 4 is 23.4 Å². The van der Waals surface area contributed by atoms with E-state index in [9.17, 15) is 9.18 Å². The van der Waals surface area contributed by atoms with Gasteiger partial charge in [-0.25, -0.2) is 4.39 Å². The molecule has 0 bridgehead atoms. The fourth-order valence-electron chi connectivity index (χ4n) is 2.94. The van der Waals surface area contributed by atoms with Gasteiger partial charge in [-0.15, -0.1) is 0 Å². The van der Waals surface area contributed by atoms with Gasteiger partial charge >= 0.3 is 0 Å². The molecule has 3 aromatic carbocycles. The van der Waals surface area contributed by atoms with Crippen molar-refractivity contribution in [1.82, 2.24) is 0 Å². The van der Waals surface area contributed by atoms with Crippen molar-refractivity contribution in [3.63, 3.8) is 0 Å². The Bertz CT molecular complexity index is 930. The summed E-state index contributed by atoms with van der Waals surface area (Å²) in [5, 5.41) is 0. The molecule has 0 atom stereocenters. The Morgan fingerprint density at radius 1 is 0.750 bits per heavy atom. The number of hydrogen-bond donors (Lipinski definition) is 0. The molecule has 0 N–H and O–H groups in total. The molecule has 1 heterocycles. The Labute approximate surface area is 139 Å². The van der Waals surface area contributed by atoms with Gasteiger partial charge in [-0.1, -0.05) is 48.5 Å². The van der Waals surface area contributed by atoms with Crippen molar-refractivity contribution < 1.29 is 9.18 Å². The third-order valence-electron chi connectivity index (χ3n) is 4.07. The van der Waals surface area contributed by atoms with E-state index in [1.807, 2.05) is 60.7 Å². The first kappa shape index (κ1) is 14.4. The molecule has 24 heavy (non-hydrogen) atoms. The fourth-order valence-corrected chi connectivity index (χ4v) is 2.94. The zero-order valence-corrected chi connectivity index (χ0v) is 12.8. The van der Waals surface area contributed by atoms with E-state index in [0.717, 1.165) is 22.5 Å². The van der Waals surface area contributed by atoms with E-state index in [1.165, 1.54) is 12.1 Å². The number of para-hydroxylation sites is 1. The van der Waals surface area contributed by atoms with Gasteiger partial charge in [-0.05, 0) is 42.0 Å². The van der Waals surface area contributed by atoms with E-state index in [-0.39, 0.29) is 11.7 Å². The summed E-state index contributed by atoms with van der Waals surface area (Å²) < 4.78 is 13.2. The zero-order chi connectivity index (χ0) is 16.5. The molecule has 1 aliphatic heterocycles. The molecule has 0 aromatic heterocycles. The van der Waals surface area contributed by atoms with E-state index >= 15 is 0 Å². The first-order valence-corrected chi connectivity index (χ1v) is 7.70. The minimum atomic E-state index is -0.278. The van der Waals surface area contributed by atoms with Crippen LogP contribution in [-0.4, -0.2) is 5.91 Å². The Kier molecular flexibility index (Phi) is 3.47. The van der Waals surface area contributed by atoms with Crippen molar-refractivity contribution in [2.24, 2.45) is 0 Å². The summed E-state index contributed by atoms with van der Waals surface area (Å²) in [7, 11) is 0. The second kappa shape index (κ2) is 5.78. The number of anilines is 1. The maximum Gasteiger partial charge on any atom is 0.263 e. The standard InChI is InChI=1S/C21H14FNO/c22-16-12-10-15(11-13-16)14-20-18-8-4-5-9-19(18)21(24)23(20)17-6-2-1-3-7-17/h1-14H. The van der Waals surface area contributed by atoms with Crippen LogP contribution in [0.1, 0.15) is 21.5 Å². The molecule has 4 rings (SSSR count). The Balaban J connectivity index is 1.89. The molecule has 0 saturated heterocycles. The van der Waals surface area contributed by atoms with Crippen LogP contribution in [0.25, 0.3) is 11.8 Å². The van der Waals surface area contributed by atoms with Crippen molar-refractivity contribution in [3.8, 4) is 0 Å². The molecule has 0 saturated carbocycles. The highest BCUT2D eigenvalue weighted by atomic mass is 19.1. The molecule has 3 heteroatoms. The predicted molar refractivity (Wildman–Crippen MR) is 94.0 cm³/mol. The van der Waals surface area contributed by atoms with Gasteiger partial charge in [0.25, 0.3) is 5.91 Å². The maximum absolute atomic E-state index is 13.2. The van der Waals surface area contributed by atoms with Crippen LogP contribution in [0.2, 0.25) is 0 Å². The topological polar surface area (TPSA) is 20.3 Å². The van der Waals surface area contributed by atoms with Crippen LogP contribution in [0.15, 0.2) is 78.9 Å². The highest BCUT2D eigenvalue weighted by Gasteiger charge is 2.32.